The second-order valence-electron chi connectivity index (χ2n) is 8.08. The smallest absolute Gasteiger partial charge is 0.247 e. The molecular weight excluding hydrogens is 421 g/mol. The van der Waals surface area contributed by atoms with Gasteiger partial charge in [0.25, 0.3) is 0 Å². The number of pyridine rings is 1. The first-order valence-corrected chi connectivity index (χ1v) is 11.0. The predicted octanol–water partition coefficient (Wildman–Crippen LogP) is 5.36. The van der Waals surface area contributed by atoms with Crippen LogP contribution in [0.5, 0.6) is 11.5 Å². The second kappa shape index (κ2) is 8.97. The van der Waals surface area contributed by atoms with Crippen molar-refractivity contribution in [1.82, 2.24) is 14.6 Å². The molecule has 4 aromatic rings. The summed E-state index contributed by atoms with van der Waals surface area (Å²) in [5.41, 5.74) is 3.66. The van der Waals surface area contributed by atoms with E-state index in [9.17, 15) is 4.39 Å². The van der Waals surface area contributed by atoms with E-state index >= 15 is 0 Å². The van der Waals surface area contributed by atoms with Gasteiger partial charge in [0.15, 0.2) is 5.65 Å². The predicted molar refractivity (Wildman–Crippen MR) is 126 cm³/mol. The van der Waals surface area contributed by atoms with E-state index in [0.29, 0.717) is 17.4 Å². The Balaban J connectivity index is 1.49. The molecule has 0 bridgehead atoms. The minimum Gasteiger partial charge on any atom is -0.497 e. The van der Waals surface area contributed by atoms with Gasteiger partial charge in [-0.1, -0.05) is 12.1 Å². The largest absolute Gasteiger partial charge is 0.497 e. The second-order valence-corrected chi connectivity index (χ2v) is 8.08. The van der Waals surface area contributed by atoms with Crippen molar-refractivity contribution >= 4 is 23.0 Å². The van der Waals surface area contributed by atoms with E-state index in [1.54, 1.807) is 18.7 Å². The highest BCUT2D eigenvalue weighted by molar-refractivity contribution is 5.72. The van der Waals surface area contributed by atoms with E-state index in [2.05, 4.69) is 21.4 Å². The highest BCUT2D eigenvalue weighted by atomic mass is 19.1. The monoisotopic (exact) mass is 447 g/mol. The van der Waals surface area contributed by atoms with E-state index in [1.807, 2.05) is 42.6 Å². The number of fused-ring (bicyclic) bond motifs is 1. The Morgan fingerprint density at radius 3 is 2.48 bits per heavy atom. The number of rotatable bonds is 6. The van der Waals surface area contributed by atoms with Crippen LogP contribution in [0.3, 0.4) is 0 Å². The molecule has 1 aliphatic heterocycles. The minimum atomic E-state index is -0.217. The summed E-state index contributed by atoms with van der Waals surface area (Å²) < 4.78 is 26.0. The lowest BCUT2D eigenvalue weighted by atomic mass is 9.94. The molecule has 3 heterocycles. The van der Waals surface area contributed by atoms with Crippen molar-refractivity contribution in [2.24, 2.45) is 0 Å². The molecule has 5 rings (SSSR count). The van der Waals surface area contributed by atoms with E-state index < -0.39 is 0 Å². The number of nitrogens with zero attached hydrogens (tertiary/aromatic N) is 4. The average Bonchev–Trinajstić information content (AvgIpc) is 3.26. The molecule has 2 aromatic carbocycles. The lowest BCUT2D eigenvalue weighted by Crippen LogP contribution is -2.33. The van der Waals surface area contributed by atoms with Gasteiger partial charge >= 0.3 is 0 Å². The molecule has 1 atom stereocenters. The lowest BCUT2D eigenvalue weighted by molar-refractivity contribution is 0.395. The van der Waals surface area contributed by atoms with Crippen molar-refractivity contribution in [1.29, 1.82) is 0 Å². The zero-order valence-corrected chi connectivity index (χ0v) is 18.7. The Morgan fingerprint density at radius 2 is 1.76 bits per heavy atom. The van der Waals surface area contributed by atoms with Gasteiger partial charge in [-0.25, -0.2) is 8.91 Å². The van der Waals surface area contributed by atoms with E-state index in [-0.39, 0.29) is 11.9 Å². The van der Waals surface area contributed by atoms with Crippen molar-refractivity contribution in [3.8, 4) is 11.5 Å². The topological polar surface area (TPSA) is 63.9 Å². The fourth-order valence-electron chi connectivity index (χ4n) is 4.43. The quantitative estimate of drug-likeness (QED) is 0.429. The summed E-state index contributed by atoms with van der Waals surface area (Å²) in [6.07, 6.45) is 5.13. The molecule has 0 spiro atoms. The van der Waals surface area contributed by atoms with Crippen LogP contribution in [0.4, 0.5) is 21.7 Å². The SMILES string of the molecule is COc1cc(Nc2nc3c(N4CCCCC4c4ccc(F)cc4)cccn3n2)cc(OC)c1. The molecule has 1 unspecified atom stereocenters. The van der Waals surface area contributed by atoms with Gasteiger partial charge in [-0.3, -0.25) is 0 Å². The molecule has 170 valence electrons. The summed E-state index contributed by atoms with van der Waals surface area (Å²) in [7, 11) is 3.23. The summed E-state index contributed by atoms with van der Waals surface area (Å²) in [6, 6.07) is 16.6. The van der Waals surface area contributed by atoms with Crippen LogP contribution in [0.2, 0.25) is 0 Å². The average molecular weight is 448 g/mol. The van der Waals surface area contributed by atoms with Gasteiger partial charge in [-0.2, -0.15) is 4.98 Å². The molecule has 1 fully saturated rings. The van der Waals surface area contributed by atoms with Crippen LogP contribution in [0, 0.1) is 5.82 Å². The first kappa shape index (κ1) is 21.1. The molecule has 0 saturated carbocycles. The van der Waals surface area contributed by atoms with Crippen molar-refractivity contribution in [3.05, 3.63) is 72.2 Å². The summed E-state index contributed by atoms with van der Waals surface area (Å²) in [5, 5.41) is 7.88. The van der Waals surface area contributed by atoms with Crippen LogP contribution in [0.15, 0.2) is 60.8 Å². The third kappa shape index (κ3) is 4.28. The molecule has 8 heteroatoms. The zero-order valence-electron chi connectivity index (χ0n) is 18.7. The van der Waals surface area contributed by atoms with Gasteiger partial charge < -0.3 is 19.7 Å². The number of benzene rings is 2. The summed E-state index contributed by atoms with van der Waals surface area (Å²) in [6.45, 7) is 0.907. The Bertz CT molecular complexity index is 1240. The minimum absolute atomic E-state index is 0.168. The van der Waals surface area contributed by atoms with Gasteiger partial charge in [0.1, 0.15) is 17.3 Å². The number of anilines is 3. The summed E-state index contributed by atoms with van der Waals surface area (Å²) >= 11 is 0. The summed E-state index contributed by atoms with van der Waals surface area (Å²) in [4.78, 5) is 7.15. The van der Waals surface area contributed by atoms with Crippen LogP contribution in [0.1, 0.15) is 30.9 Å². The normalized spacial score (nSPS) is 16.1. The Kier molecular flexibility index (Phi) is 5.73. The molecule has 1 N–H and O–H groups in total. The van der Waals surface area contributed by atoms with Gasteiger partial charge in [0, 0.05) is 36.6 Å². The first-order chi connectivity index (χ1) is 16.1. The number of hydrogen-bond donors (Lipinski definition) is 1. The number of methoxy groups -OCH3 is 2. The van der Waals surface area contributed by atoms with Crippen molar-refractivity contribution in [3.63, 3.8) is 0 Å². The Labute approximate surface area is 191 Å². The van der Waals surface area contributed by atoms with E-state index in [1.165, 1.54) is 12.1 Å². The molecule has 7 nitrogen and oxygen atoms in total. The van der Waals surface area contributed by atoms with Crippen molar-refractivity contribution < 1.29 is 13.9 Å². The van der Waals surface area contributed by atoms with Crippen LogP contribution >= 0.6 is 0 Å². The van der Waals surface area contributed by atoms with Crippen LogP contribution in [0.25, 0.3) is 5.65 Å². The number of hydrogen-bond acceptors (Lipinski definition) is 6. The third-order valence-corrected chi connectivity index (χ3v) is 6.02. The standard InChI is InChI=1S/C25H26FN5O2/c1-32-20-14-19(15-21(16-20)33-2)27-25-28-24-23(7-5-13-31(24)29-25)30-12-4-3-6-22(30)17-8-10-18(26)11-9-17/h5,7-11,13-16,22H,3-4,6,12H2,1-2H3,(H,27,29). The van der Waals surface area contributed by atoms with Crippen molar-refractivity contribution in [2.75, 3.05) is 31.0 Å². The number of piperidine rings is 1. The maximum absolute atomic E-state index is 13.5. The maximum Gasteiger partial charge on any atom is 0.247 e. The number of halogens is 1. The van der Waals surface area contributed by atoms with Gasteiger partial charge in [0.2, 0.25) is 5.95 Å². The molecule has 0 aliphatic carbocycles. The number of aromatic nitrogens is 3. The Hall–Kier alpha value is -3.81. The van der Waals surface area contributed by atoms with Crippen LogP contribution in [-0.4, -0.2) is 35.4 Å². The lowest BCUT2D eigenvalue weighted by Gasteiger charge is -2.37. The fraction of sp³-hybridized carbons (Fsp3) is 0.280. The van der Waals surface area contributed by atoms with E-state index in [4.69, 9.17) is 14.5 Å². The third-order valence-electron chi connectivity index (χ3n) is 6.02. The van der Waals surface area contributed by atoms with E-state index in [0.717, 1.165) is 48.4 Å². The Morgan fingerprint density at radius 1 is 1.00 bits per heavy atom. The number of ether oxygens (including phenoxy) is 2. The molecule has 0 radical (unpaired) electrons. The van der Waals surface area contributed by atoms with Gasteiger partial charge in [-0.15, -0.1) is 5.10 Å². The molecule has 33 heavy (non-hydrogen) atoms. The highest BCUT2D eigenvalue weighted by Crippen LogP contribution is 2.37. The van der Waals surface area contributed by atoms with Crippen molar-refractivity contribution in [2.45, 2.75) is 25.3 Å². The highest BCUT2D eigenvalue weighted by Gasteiger charge is 2.26. The molecular formula is C25H26FN5O2. The fourth-order valence-corrected chi connectivity index (χ4v) is 4.43. The first-order valence-electron chi connectivity index (χ1n) is 11.0. The molecule has 1 aliphatic rings. The summed E-state index contributed by atoms with van der Waals surface area (Å²) in [5.74, 6) is 1.62. The maximum atomic E-state index is 13.5. The van der Waals surface area contributed by atoms with Gasteiger partial charge in [-0.05, 0) is 49.1 Å². The zero-order chi connectivity index (χ0) is 22.8. The van der Waals surface area contributed by atoms with Gasteiger partial charge in [0.05, 0.1) is 25.9 Å². The molecule has 2 aromatic heterocycles. The van der Waals surface area contributed by atoms with Crippen LogP contribution < -0.4 is 19.7 Å². The molecule has 0 amide bonds. The molecule has 1 saturated heterocycles. The number of nitrogens with one attached hydrogen (secondary N) is 1. The van der Waals surface area contributed by atoms with Crippen LogP contribution in [-0.2, 0) is 0 Å².